The van der Waals surface area contributed by atoms with E-state index >= 15 is 0 Å². The van der Waals surface area contributed by atoms with E-state index in [0.717, 1.165) is 31.6 Å². The first-order chi connectivity index (χ1) is 10.4. The van der Waals surface area contributed by atoms with Crippen molar-refractivity contribution in [1.29, 1.82) is 0 Å². The van der Waals surface area contributed by atoms with Crippen LogP contribution < -0.4 is 10.1 Å². The molecular weight excluding hydrogens is 262 g/mol. The molecule has 0 aliphatic heterocycles. The summed E-state index contributed by atoms with van der Waals surface area (Å²) in [6.45, 7) is 3.68. The van der Waals surface area contributed by atoms with Crippen LogP contribution in [0.2, 0.25) is 0 Å². The molecular formula is C17H21N3O. The highest BCUT2D eigenvalue weighted by molar-refractivity contribution is 5.45. The van der Waals surface area contributed by atoms with Gasteiger partial charge >= 0.3 is 0 Å². The van der Waals surface area contributed by atoms with Crippen molar-refractivity contribution in [2.24, 2.45) is 0 Å². The number of ether oxygens (including phenoxy) is 1. The highest BCUT2D eigenvalue weighted by atomic mass is 16.5. The molecule has 0 bridgehead atoms. The van der Waals surface area contributed by atoms with Crippen molar-refractivity contribution in [3.05, 3.63) is 53.6 Å². The molecule has 0 fully saturated rings. The Morgan fingerprint density at radius 2 is 2.10 bits per heavy atom. The average molecular weight is 283 g/mol. The standard InChI is InChI=1S/C17H21N3O/c1-2-9-18-15-8-7-14-13(15)5-3-6-16(14)21-12-17-19-10-4-11-20-17/h3-6,10-11,15,18H,2,7-9,12H2,1H3. The van der Waals surface area contributed by atoms with Gasteiger partial charge in [0, 0.05) is 18.4 Å². The third kappa shape index (κ3) is 3.22. The normalized spacial score (nSPS) is 16.7. The maximum atomic E-state index is 5.93. The molecule has 21 heavy (non-hydrogen) atoms. The van der Waals surface area contributed by atoms with Gasteiger partial charge in [-0.3, -0.25) is 0 Å². The van der Waals surface area contributed by atoms with Crippen molar-refractivity contribution in [1.82, 2.24) is 15.3 Å². The average Bonchev–Trinajstić information content (AvgIpc) is 2.95. The van der Waals surface area contributed by atoms with E-state index in [4.69, 9.17) is 4.74 Å². The van der Waals surface area contributed by atoms with Crippen molar-refractivity contribution in [2.75, 3.05) is 6.54 Å². The summed E-state index contributed by atoms with van der Waals surface area (Å²) in [5, 5.41) is 3.61. The number of nitrogens with zero attached hydrogens (tertiary/aromatic N) is 2. The van der Waals surface area contributed by atoms with E-state index in [1.807, 2.05) is 12.1 Å². The molecule has 0 radical (unpaired) electrons. The summed E-state index contributed by atoms with van der Waals surface area (Å²) in [6.07, 6.45) is 6.87. The van der Waals surface area contributed by atoms with Crippen LogP contribution in [0.5, 0.6) is 5.75 Å². The maximum Gasteiger partial charge on any atom is 0.166 e. The number of nitrogens with one attached hydrogen (secondary N) is 1. The van der Waals surface area contributed by atoms with Gasteiger partial charge in [0.1, 0.15) is 12.4 Å². The van der Waals surface area contributed by atoms with Crippen LogP contribution in [0.15, 0.2) is 36.7 Å². The molecule has 1 N–H and O–H groups in total. The monoisotopic (exact) mass is 283 g/mol. The van der Waals surface area contributed by atoms with Crippen LogP contribution in [-0.2, 0) is 13.0 Å². The second kappa shape index (κ2) is 6.68. The van der Waals surface area contributed by atoms with Crippen LogP contribution >= 0.6 is 0 Å². The molecule has 0 saturated carbocycles. The second-order valence-corrected chi connectivity index (χ2v) is 5.32. The largest absolute Gasteiger partial charge is 0.485 e. The highest BCUT2D eigenvalue weighted by Crippen LogP contribution is 2.37. The first-order valence-corrected chi connectivity index (χ1v) is 7.62. The van der Waals surface area contributed by atoms with Crippen molar-refractivity contribution in [3.63, 3.8) is 0 Å². The van der Waals surface area contributed by atoms with E-state index in [2.05, 4.69) is 34.3 Å². The van der Waals surface area contributed by atoms with Crippen LogP contribution in [0, 0.1) is 0 Å². The summed E-state index contributed by atoms with van der Waals surface area (Å²) in [4.78, 5) is 8.39. The highest BCUT2D eigenvalue weighted by Gasteiger charge is 2.24. The molecule has 1 unspecified atom stereocenters. The lowest BCUT2D eigenvalue weighted by atomic mass is 10.1. The Kier molecular flexibility index (Phi) is 4.46. The van der Waals surface area contributed by atoms with Crippen molar-refractivity contribution in [3.8, 4) is 5.75 Å². The molecule has 1 heterocycles. The number of hydrogen-bond donors (Lipinski definition) is 1. The van der Waals surface area contributed by atoms with Gasteiger partial charge in [-0.25, -0.2) is 9.97 Å². The summed E-state index contributed by atoms with van der Waals surface area (Å²) in [5.74, 6) is 1.69. The Balaban J connectivity index is 1.71. The molecule has 110 valence electrons. The third-order valence-electron chi connectivity index (χ3n) is 3.84. The van der Waals surface area contributed by atoms with Crippen LogP contribution in [0.4, 0.5) is 0 Å². The number of fused-ring (bicyclic) bond motifs is 1. The number of hydrogen-bond acceptors (Lipinski definition) is 4. The maximum absolute atomic E-state index is 5.93. The fourth-order valence-electron chi connectivity index (χ4n) is 2.83. The zero-order valence-corrected chi connectivity index (χ0v) is 12.4. The fourth-order valence-corrected chi connectivity index (χ4v) is 2.83. The zero-order chi connectivity index (χ0) is 14.5. The molecule has 3 rings (SSSR count). The SMILES string of the molecule is CCCNC1CCc2c(OCc3ncccn3)cccc21. The van der Waals surface area contributed by atoms with E-state index in [1.54, 1.807) is 12.4 Å². The van der Waals surface area contributed by atoms with Gasteiger partial charge in [-0.2, -0.15) is 0 Å². The predicted octanol–water partition coefficient (Wildman–Crippen LogP) is 3.04. The molecule has 2 aromatic rings. The smallest absolute Gasteiger partial charge is 0.166 e. The lowest BCUT2D eigenvalue weighted by molar-refractivity contribution is 0.293. The minimum atomic E-state index is 0.421. The van der Waals surface area contributed by atoms with E-state index in [9.17, 15) is 0 Å². The summed E-state index contributed by atoms with van der Waals surface area (Å²) in [5.41, 5.74) is 2.72. The number of aromatic nitrogens is 2. The Labute approximate surface area is 125 Å². The van der Waals surface area contributed by atoms with E-state index in [-0.39, 0.29) is 0 Å². The third-order valence-corrected chi connectivity index (χ3v) is 3.84. The summed E-state index contributed by atoms with van der Waals surface area (Å²) in [6, 6.07) is 8.61. The Morgan fingerprint density at radius 3 is 2.90 bits per heavy atom. The number of benzene rings is 1. The molecule has 1 aromatic heterocycles. The minimum absolute atomic E-state index is 0.421. The van der Waals surface area contributed by atoms with Crippen LogP contribution in [0.3, 0.4) is 0 Å². The molecule has 1 aliphatic rings. The Bertz CT molecular complexity index is 586. The molecule has 0 saturated heterocycles. The summed E-state index contributed by atoms with van der Waals surface area (Å²) < 4.78 is 5.93. The molecule has 1 aromatic carbocycles. The van der Waals surface area contributed by atoms with Gasteiger partial charge in [0.15, 0.2) is 5.82 Å². The van der Waals surface area contributed by atoms with E-state index in [1.165, 1.54) is 11.1 Å². The summed E-state index contributed by atoms with van der Waals surface area (Å²) >= 11 is 0. The molecule has 0 amide bonds. The Morgan fingerprint density at radius 1 is 1.24 bits per heavy atom. The molecule has 4 nitrogen and oxygen atoms in total. The van der Waals surface area contributed by atoms with Gasteiger partial charge in [0.25, 0.3) is 0 Å². The predicted molar refractivity (Wildman–Crippen MR) is 82.2 cm³/mol. The van der Waals surface area contributed by atoms with Crippen molar-refractivity contribution < 1.29 is 4.74 Å². The first-order valence-electron chi connectivity index (χ1n) is 7.62. The molecule has 1 atom stereocenters. The summed E-state index contributed by atoms with van der Waals surface area (Å²) in [7, 11) is 0. The number of rotatable bonds is 6. The fraction of sp³-hybridized carbons (Fsp3) is 0.412. The first kappa shape index (κ1) is 14.0. The molecule has 4 heteroatoms. The minimum Gasteiger partial charge on any atom is -0.485 e. The molecule has 1 aliphatic carbocycles. The quantitative estimate of drug-likeness (QED) is 0.885. The van der Waals surface area contributed by atoms with Gasteiger partial charge in [0.2, 0.25) is 0 Å². The van der Waals surface area contributed by atoms with Gasteiger partial charge in [-0.1, -0.05) is 19.1 Å². The van der Waals surface area contributed by atoms with Gasteiger partial charge in [0.05, 0.1) is 0 Å². The van der Waals surface area contributed by atoms with Crippen molar-refractivity contribution in [2.45, 2.75) is 38.8 Å². The topological polar surface area (TPSA) is 47.0 Å². The van der Waals surface area contributed by atoms with Gasteiger partial charge < -0.3 is 10.1 Å². The lowest BCUT2D eigenvalue weighted by Gasteiger charge is -2.14. The van der Waals surface area contributed by atoms with E-state index in [0.29, 0.717) is 18.5 Å². The van der Waals surface area contributed by atoms with Crippen LogP contribution in [0.1, 0.15) is 42.8 Å². The van der Waals surface area contributed by atoms with E-state index < -0.39 is 0 Å². The lowest BCUT2D eigenvalue weighted by Crippen LogP contribution is -2.19. The van der Waals surface area contributed by atoms with Crippen molar-refractivity contribution >= 4 is 0 Å². The van der Waals surface area contributed by atoms with Crippen LogP contribution in [0.25, 0.3) is 0 Å². The van der Waals surface area contributed by atoms with Crippen LogP contribution in [-0.4, -0.2) is 16.5 Å². The van der Waals surface area contributed by atoms with Gasteiger partial charge in [-0.05, 0) is 49.1 Å². The van der Waals surface area contributed by atoms with Gasteiger partial charge in [-0.15, -0.1) is 0 Å². The Hall–Kier alpha value is -1.94. The zero-order valence-electron chi connectivity index (χ0n) is 12.4. The second-order valence-electron chi connectivity index (χ2n) is 5.32. The molecule has 0 spiro atoms.